The molecule has 0 heterocycles. The number of rotatable bonds is 3. The summed E-state index contributed by atoms with van der Waals surface area (Å²) < 4.78 is 5.23. The minimum atomic E-state index is -0.567. The number of hydrogen-bond donors (Lipinski definition) is 1. The average Bonchev–Trinajstić information content (AvgIpc) is 3.07. The third kappa shape index (κ3) is 3.26. The molecule has 0 radical (unpaired) electrons. The summed E-state index contributed by atoms with van der Waals surface area (Å²) in [5.74, 6) is 0. The van der Waals surface area contributed by atoms with Gasteiger partial charge in [-0.25, -0.2) is 4.79 Å². The molecule has 1 N–H and O–H groups in total. The molecule has 1 aliphatic rings. The standard InChI is InChI=1S/C14H18N2O4/c1-13(2,3)20-12(17)15-14(7-8-14)10-5-4-6-11(9-10)16(18)19/h4-6,9H,7-8H2,1-3H3,(H,15,17). The third-order valence-electron chi connectivity index (χ3n) is 3.10. The highest BCUT2D eigenvalue weighted by molar-refractivity contribution is 5.70. The van der Waals surface area contributed by atoms with E-state index >= 15 is 0 Å². The molecule has 0 aromatic heterocycles. The van der Waals surface area contributed by atoms with Gasteiger partial charge in [-0.05, 0) is 39.2 Å². The highest BCUT2D eigenvalue weighted by atomic mass is 16.6. The van der Waals surface area contributed by atoms with Gasteiger partial charge < -0.3 is 10.1 Å². The predicted molar refractivity (Wildman–Crippen MR) is 73.4 cm³/mol. The van der Waals surface area contributed by atoms with Crippen LogP contribution < -0.4 is 5.32 Å². The smallest absolute Gasteiger partial charge is 0.408 e. The van der Waals surface area contributed by atoms with Gasteiger partial charge in [0.05, 0.1) is 10.5 Å². The molecule has 6 heteroatoms. The third-order valence-corrected chi connectivity index (χ3v) is 3.10. The van der Waals surface area contributed by atoms with E-state index in [0.29, 0.717) is 0 Å². The second-order valence-corrected chi connectivity index (χ2v) is 6.02. The minimum absolute atomic E-state index is 0.0276. The van der Waals surface area contributed by atoms with Crippen LogP contribution in [0.25, 0.3) is 0 Å². The normalized spacial score (nSPS) is 16.4. The Morgan fingerprint density at radius 1 is 1.40 bits per heavy atom. The molecule has 0 atom stereocenters. The van der Waals surface area contributed by atoms with E-state index in [1.54, 1.807) is 32.9 Å². The van der Waals surface area contributed by atoms with Crippen molar-refractivity contribution in [2.45, 2.75) is 44.8 Å². The molecule has 0 bridgehead atoms. The van der Waals surface area contributed by atoms with E-state index in [9.17, 15) is 14.9 Å². The Labute approximate surface area is 117 Å². The van der Waals surface area contributed by atoms with Crippen LogP contribution >= 0.6 is 0 Å². The zero-order valence-corrected chi connectivity index (χ0v) is 11.8. The van der Waals surface area contributed by atoms with Gasteiger partial charge in [0, 0.05) is 12.1 Å². The van der Waals surface area contributed by atoms with Crippen LogP contribution in [0.15, 0.2) is 24.3 Å². The number of alkyl carbamates (subject to hydrolysis) is 1. The molecule has 1 aliphatic carbocycles. The lowest BCUT2D eigenvalue weighted by Crippen LogP contribution is -2.39. The fourth-order valence-corrected chi connectivity index (χ4v) is 2.03. The van der Waals surface area contributed by atoms with Crippen molar-refractivity contribution in [1.29, 1.82) is 0 Å². The van der Waals surface area contributed by atoms with Crippen LogP contribution in [0.5, 0.6) is 0 Å². The van der Waals surface area contributed by atoms with E-state index in [1.165, 1.54) is 12.1 Å². The van der Waals surface area contributed by atoms with Gasteiger partial charge in [-0.15, -0.1) is 0 Å². The number of benzene rings is 1. The van der Waals surface area contributed by atoms with Crippen LogP contribution in [0.1, 0.15) is 39.2 Å². The number of non-ortho nitro benzene ring substituents is 1. The van der Waals surface area contributed by atoms with Gasteiger partial charge in [0.1, 0.15) is 5.60 Å². The molecule has 2 rings (SSSR count). The fourth-order valence-electron chi connectivity index (χ4n) is 2.03. The van der Waals surface area contributed by atoms with E-state index in [-0.39, 0.29) is 5.69 Å². The van der Waals surface area contributed by atoms with Gasteiger partial charge >= 0.3 is 6.09 Å². The first-order chi connectivity index (χ1) is 9.22. The summed E-state index contributed by atoms with van der Waals surface area (Å²) in [4.78, 5) is 22.2. The highest BCUT2D eigenvalue weighted by Crippen LogP contribution is 2.46. The first-order valence-corrected chi connectivity index (χ1v) is 6.48. The molecule has 6 nitrogen and oxygen atoms in total. The second-order valence-electron chi connectivity index (χ2n) is 6.02. The summed E-state index contributed by atoms with van der Waals surface area (Å²) in [6.07, 6.45) is 1.02. The SMILES string of the molecule is CC(C)(C)OC(=O)NC1(c2cccc([N+](=O)[O-])c2)CC1. The summed E-state index contributed by atoms with van der Waals surface area (Å²) in [5, 5.41) is 13.6. The number of carbonyl (C=O) groups is 1. The first-order valence-electron chi connectivity index (χ1n) is 6.48. The number of nitrogens with zero attached hydrogens (tertiary/aromatic N) is 1. The lowest BCUT2D eigenvalue weighted by molar-refractivity contribution is -0.384. The van der Waals surface area contributed by atoms with Crippen molar-refractivity contribution in [2.24, 2.45) is 0 Å². The van der Waals surface area contributed by atoms with Crippen molar-refractivity contribution >= 4 is 11.8 Å². The fraction of sp³-hybridized carbons (Fsp3) is 0.500. The molecule has 0 unspecified atom stereocenters. The van der Waals surface area contributed by atoms with Gasteiger partial charge in [0.25, 0.3) is 5.69 Å². The van der Waals surface area contributed by atoms with Crippen molar-refractivity contribution in [2.75, 3.05) is 0 Å². The maximum absolute atomic E-state index is 11.8. The van der Waals surface area contributed by atoms with Crippen molar-refractivity contribution in [3.63, 3.8) is 0 Å². The lowest BCUT2D eigenvalue weighted by Gasteiger charge is -2.23. The zero-order valence-electron chi connectivity index (χ0n) is 11.8. The van der Waals surface area contributed by atoms with Gasteiger partial charge in [0.15, 0.2) is 0 Å². The summed E-state index contributed by atoms with van der Waals surface area (Å²) in [6, 6.07) is 6.36. The lowest BCUT2D eigenvalue weighted by atomic mass is 10.0. The van der Waals surface area contributed by atoms with Gasteiger partial charge in [-0.2, -0.15) is 0 Å². The topological polar surface area (TPSA) is 81.5 Å². The maximum atomic E-state index is 11.8. The van der Waals surface area contributed by atoms with Gasteiger partial charge in [-0.1, -0.05) is 12.1 Å². The number of nitro groups is 1. The molecule has 0 aliphatic heterocycles. The summed E-state index contributed by atoms with van der Waals surface area (Å²) in [5.41, 5.74) is -0.311. The Hall–Kier alpha value is -2.11. The van der Waals surface area contributed by atoms with Crippen molar-refractivity contribution in [1.82, 2.24) is 5.32 Å². The molecule has 1 amide bonds. The number of ether oxygens (including phenoxy) is 1. The van der Waals surface area contributed by atoms with Crippen LogP contribution in [-0.2, 0) is 10.3 Å². The summed E-state index contributed by atoms with van der Waals surface area (Å²) in [7, 11) is 0. The quantitative estimate of drug-likeness (QED) is 0.680. The number of amides is 1. The summed E-state index contributed by atoms with van der Waals surface area (Å²) in [6.45, 7) is 5.37. The largest absolute Gasteiger partial charge is 0.444 e. The van der Waals surface area contributed by atoms with E-state index in [4.69, 9.17) is 4.74 Å². The van der Waals surface area contributed by atoms with Crippen molar-refractivity contribution in [3.8, 4) is 0 Å². The Morgan fingerprint density at radius 2 is 2.05 bits per heavy atom. The van der Waals surface area contributed by atoms with E-state index in [1.807, 2.05) is 0 Å². The molecule has 108 valence electrons. The molecular weight excluding hydrogens is 260 g/mol. The molecule has 1 saturated carbocycles. The molecule has 0 spiro atoms. The zero-order chi connectivity index (χ0) is 15.0. The van der Waals surface area contributed by atoms with Crippen LogP contribution in [-0.4, -0.2) is 16.6 Å². The Bertz CT molecular complexity index is 544. The Morgan fingerprint density at radius 3 is 2.55 bits per heavy atom. The number of hydrogen-bond acceptors (Lipinski definition) is 4. The van der Waals surface area contributed by atoms with Gasteiger partial charge in [0.2, 0.25) is 0 Å². The molecule has 1 fully saturated rings. The van der Waals surface area contributed by atoms with Gasteiger partial charge in [-0.3, -0.25) is 10.1 Å². The molecular formula is C14H18N2O4. The molecule has 20 heavy (non-hydrogen) atoms. The number of nitrogens with one attached hydrogen (secondary N) is 1. The average molecular weight is 278 g/mol. The predicted octanol–water partition coefficient (Wildman–Crippen LogP) is 3.11. The highest BCUT2D eigenvalue weighted by Gasteiger charge is 2.47. The van der Waals surface area contributed by atoms with Crippen LogP contribution in [0.2, 0.25) is 0 Å². The van der Waals surface area contributed by atoms with Crippen molar-refractivity contribution < 1.29 is 14.5 Å². The maximum Gasteiger partial charge on any atom is 0.408 e. The van der Waals surface area contributed by atoms with Crippen molar-refractivity contribution in [3.05, 3.63) is 39.9 Å². The Balaban J connectivity index is 2.14. The van der Waals surface area contributed by atoms with E-state index < -0.39 is 22.2 Å². The number of carbonyl (C=O) groups excluding carboxylic acids is 1. The van der Waals surface area contributed by atoms with E-state index in [2.05, 4.69) is 5.32 Å². The van der Waals surface area contributed by atoms with Crippen LogP contribution in [0.4, 0.5) is 10.5 Å². The van der Waals surface area contributed by atoms with Crippen LogP contribution in [0, 0.1) is 10.1 Å². The molecule has 1 aromatic rings. The molecule has 1 aromatic carbocycles. The van der Waals surface area contributed by atoms with E-state index in [0.717, 1.165) is 18.4 Å². The van der Waals surface area contributed by atoms with Crippen LogP contribution in [0.3, 0.4) is 0 Å². The number of nitro benzene ring substituents is 1. The minimum Gasteiger partial charge on any atom is -0.444 e. The molecule has 0 saturated heterocycles. The first kappa shape index (κ1) is 14.3. The Kier molecular flexibility index (Phi) is 3.41. The second kappa shape index (κ2) is 4.77. The summed E-state index contributed by atoms with van der Waals surface area (Å²) >= 11 is 0. The monoisotopic (exact) mass is 278 g/mol.